The predicted molar refractivity (Wildman–Crippen MR) is 120 cm³/mol. The molecule has 1 heterocycles. The van der Waals surface area contributed by atoms with Gasteiger partial charge in [0.05, 0.1) is 14.6 Å². The van der Waals surface area contributed by atoms with E-state index < -0.39 is 28.1 Å². The number of nitrogens with zero attached hydrogens (tertiary/aromatic N) is 1. The molecule has 1 aromatic carbocycles. The summed E-state index contributed by atoms with van der Waals surface area (Å²) in [6, 6.07) is 6.42. The third-order valence-electron chi connectivity index (χ3n) is 4.49. The maximum absolute atomic E-state index is 13.9. The van der Waals surface area contributed by atoms with Gasteiger partial charge in [-0.2, -0.15) is 8.42 Å². The Labute approximate surface area is 180 Å². The number of hydrogen-bond acceptors (Lipinski definition) is 3. The molecule has 0 aliphatic carbocycles. The maximum atomic E-state index is 13.9. The van der Waals surface area contributed by atoms with Gasteiger partial charge in [0.25, 0.3) is 10.0 Å². The molecule has 4 nitrogen and oxygen atoms in total. The highest BCUT2D eigenvalue weighted by atomic mass is 79.9. The summed E-state index contributed by atoms with van der Waals surface area (Å²) in [7, 11) is -7.26. The zero-order chi connectivity index (χ0) is 21.0. The molecule has 0 bridgehead atoms. The first-order chi connectivity index (χ1) is 12.0. The van der Waals surface area contributed by atoms with E-state index in [9.17, 15) is 12.6 Å². The fourth-order valence-electron chi connectivity index (χ4n) is 3.16. The van der Waals surface area contributed by atoms with Crippen molar-refractivity contribution in [2.45, 2.75) is 61.7 Å². The minimum Gasteiger partial charge on any atom is -0.246 e. The standard InChI is InChI=1S/C19H27Br2NO3S2/c1-12-8-10-13(11-9-12)27(24,25)22-26(23)16(20)14(18(2,3)4)15(17(26)21)19(5,6)7/h8-11,16-17H,1-7H3/t16-,17+,26?. The Morgan fingerprint density at radius 2 is 1.26 bits per heavy atom. The molecular formula is C19H27Br2NO3S2. The van der Waals surface area contributed by atoms with Gasteiger partial charge in [0.1, 0.15) is 8.32 Å². The molecule has 8 heteroatoms. The Kier molecular flexibility index (Phi) is 6.21. The molecule has 0 N–H and O–H groups in total. The van der Waals surface area contributed by atoms with E-state index in [0.717, 1.165) is 16.7 Å². The van der Waals surface area contributed by atoms with Crippen molar-refractivity contribution >= 4 is 51.6 Å². The lowest BCUT2D eigenvalue weighted by Gasteiger charge is -2.30. The van der Waals surface area contributed by atoms with E-state index in [0.29, 0.717) is 0 Å². The molecule has 0 amide bonds. The SMILES string of the molecule is Cc1ccc(S(=O)(=O)N=S2(=O)[C@H](Br)C(C(C)(C)C)=C(C(C)(C)C)[C@@H]2Br)cc1. The van der Waals surface area contributed by atoms with Crippen molar-refractivity contribution in [3.63, 3.8) is 0 Å². The normalized spacial score (nSPS) is 27.1. The second kappa shape index (κ2) is 7.26. The zero-order valence-corrected chi connectivity index (χ0v) is 21.5. The summed E-state index contributed by atoms with van der Waals surface area (Å²) in [5.41, 5.74) is 2.27. The summed E-state index contributed by atoms with van der Waals surface area (Å²) in [4.78, 5) is 0.0525. The van der Waals surface area contributed by atoms with Gasteiger partial charge in [-0.3, -0.25) is 0 Å². The fourth-order valence-corrected chi connectivity index (χ4v) is 12.9. The molecule has 1 aliphatic rings. The van der Waals surface area contributed by atoms with E-state index in [1.807, 2.05) is 48.5 Å². The highest BCUT2D eigenvalue weighted by Crippen LogP contribution is 2.53. The first kappa shape index (κ1) is 23.1. The monoisotopic (exact) mass is 539 g/mol. The van der Waals surface area contributed by atoms with E-state index in [4.69, 9.17) is 0 Å². The molecule has 1 aromatic rings. The molecule has 27 heavy (non-hydrogen) atoms. The molecule has 0 aromatic heterocycles. The molecule has 3 atom stereocenters. The van der Waals surface area contributed by atoms with Gasteiger partial charge in [0.15, 0.2) is 0 Å². The molecule has 1 unspecified atom stereocenters. The first-order valence-corrected chi connectivity index (χ1v) is 13.5. The average Bonchev–Trinajstić information content (AvgIpc) is 2.67. The number of aryl methyl sites for hydroxylation is 1. The van der Waals surface area contributed by atoms with Gasteiger partial charge in [0, 0.05) is 0 Å². The van der Waals surface area contributed by atoms with Crippen LogP contribution in [-0.4, -0.2) is 20.9 Å². The molecule has 0 saturated heterocycles. The number of sulfonamides is 1. The lowest BCUT2D eigenvalue weighted by atomic mass is 9.76. The van der Waals surface area contributed by atoms with Crippen molar-refractivity contribution in [3.05, 3.63) is 41.0 Å². The van der Waals surface area contributed by atoms with Crippen LogP contribution < -0.4 is 0 Å². The number of hydrogen-bond donors (Lipinski definition) is 0. The zero-order valence-electron chi connectivity index (χ0n) is 16.7. The van der Waals surface area contributed by atoms with Crippen LogP contribution >= 0.6 is 31.9 Å². The third-order valence-corrected chi connectivity index (χ3v) is 12.9. The Morgan fingerprint density at radius 1 is 0.889 bits per heavy atom. The molecule has 0 radical (unpaired) electrons. The smallest absolute Gasteiger partial charge is 0.246 e. The maximum Gasteiger partial charge on any atom is 0.290 e. The van der Waals surface area contributed by atoms with Crippen LogP contribution in [-0.2, 0) is 19.8 Å². The van der Waals surface area contributed by atoms with Crippen molar-refractivity contribution in [2.75, 3.05) is 0 Å². The van der Waals surface area contributed by atoms with Gasteiger partial charge in [-0.1, -0.05) is 91.1 Å². The largest absolute Gasteiger partial charge is 0.290 e. The van der Waals surface area contributed by atoms with E-state index in [2.05, 4.69) is 35.6 Å². The molecule has 0 spiro atoms. The van der Waals surface area contributed by atoms with Crippen LogP contribution in [0.2, 0.25) is 0 Å². The van der Waals surface area contributed by atoms with Crippen LogP contribution in [0.15, 0.2) is 44.1 Å². The van der Waals surface area contributed by atoms with Crippen LogP contribution in [0, 0.1) is 17.8 Å². The van der Waals surface area contributed by atoms with Crippen LogP contribution in [0.5, 0.6) is 0 Å². The summed E-state index contributed by atoms with van der Waals surface area (Å²) in [6.07, 6.45) is 0. The second-order valence-electron chi connectivity index (χ2n) is 8.94. The van der Waals surface area contributed by atoms with Crippen molar-refractivity contribution in [3.8, 4) is 0 Å². The van der Waals surface area contributed by atoms with Gasteiger partial charge in [-0.15, -0.1) is 3.77 Å². The first-order valence-electron chi connectivity index (χ1n) is 8.63. The summed E-state index contributed by atoms with van der Waals surface area (Å²) < 4.78 is 42.4. The Morgan fingerprint density at radius 3 is 1.59 bits per heavy atom. The topological polar surface area (TPSA) is 63.6 Å². The van der Waals surface area contributed by atoms with Crippen molar-refractivity contribution in [1.29, 1.82) is 0 Å². The molecule has 0 fully saturated rings. The minimum absolute atomic E-state index is 0.0525. The van der Waals surface area contributed by atoms with Crippen LogP contribution in [0.4, 0.5) is 0 Å². The van der Waals surface area contributed by atoms with Gasteiger partial charge < -0.3 is 0 Å². The van der Waals surface area contributed by atoms with Gasteiger partial charge in [-0.05, 0) is 41.0 Å². The van der Waals surface area contributed by atoms with Gasteiger partial charge in [-0.25, -0.2) is 4.21 Å². The van der Waals surface area contributed by atoms with Crippen LogP contribution in [0.25, 0.3) is 0 Å². The predicted octanol–water partition coefficient (Wildman–Crippen LogP) is 6.00. The van der Waals surface area contributed by atoms with Crippen LogP contribution in [0.1, 0.15) is 47.1 Å². The lowest BCUT2D eigenvalue weighted by molar-refractivity contribution is 0.448. The fraction of sp³-hybridized carbons (Fsp3) is 0.579. The second-order valence-corrected chi connectivity index (χ2v) is 16.2. The lowest BCUT2D eigenvalue weighted by Crippen LogP contribution is -2.23. The quantitative estimate of drug-likeness (QED) is 0.341. The molecular weight excluding hydrogens is 514 g/mol. The molecule has 0 saturated carbocycles. The minimum atomic E-state index is -4.06. The molecule has 152 valence electrons. The number of benzene rings is 1. The average molecular weight is 541 g/mol. The Hall–Kier alpha value is -0.180. The number of alkyl halides is 2. The van der Waals surface area contributed by atoms with E-state index in [-0.39, 0.29) is 15.7 Å². The van der Waals surface area contributed by atoms with E-state index >= 15 is 0 Å². The van der Waals surface area contributed by atoms with Gasteiger partial charge >= 0.3 is 0 Å². The van der Waals surface area contributed by atoms with Crippen LogP contribution in [0.3, 0.4) is 0 Å². The number of rotatable bonds is 2. The summed E-state index contributed by atoms with van der Waals surface area (Å²) in [6.45, 7) is 14.1. The third kappa shape index (κ3) is 4.38. The summed E-state index contributed by atoms with van der Waals surface area (Å²) in [5, 5.41) is 0. The number of halogens is 2. The van der Waals surface area contributed by atoms with Crippen molar-refractivity contribution < 1.29 is 12.6 Å². The highest BCUT2D eigenvalue weighted by Gasteiger charge is 2.50. The Bertz CT molecular complexity index is 953. The summed E-state index contributed by atoms with van der Waals surface area (Å²) in [5.74, 6) is 0. The van der Waals surface area contributed by atoms with Crippen molar-refractivity contribution in [2.24, 2.45) is 14.6 Å². The Balaban J connectivity index is 2.73. The van der Waals surface area contributed by atoms with Crippen molar-refractivity contribution in [1.82, 2.24) is 0 Å². The highest BCUT2D eigenvalue weighted by molar-refractivity contribution is 9.13. The van der Waals surface area contributed by atoms with E-state index in [1.54, 1.807) is 12.1 Å². The van der Waals surface area contributed by atoms with E-state index in [1.165, 1.54) is 12.1 Å². The molecule has 2 rings (SSSR count). The molecule has 1 aliphatic heterocycles. The van der Waals surface area contributed by atoms with Gasteiger partial charge in [0.2, 0.25) is 0 Å². The summed E-state index contributed by atoms with van der Waals surface area (Å²) >= 11 is 7.10.